The molecule has 6 nitrogen and oxygen atoms in total. The molecule has 0 atom stereocenters. The number of amides is 3. The highest BCUT2D eigenvalue weighted by atomic mass is 32.1. The van der Waals surface area contributed by atoms with Crippen molar-refractivity contribution >= 4 is 29.0 Å². The normalized spacial score (nSPS) is 14.0. The van der Waals surface area contributed by atoms with E-state index < -0.39 is 0 Å². The minimum atomic E-state index is -0.122. The Hall–Kier alpha value is -2.41. The zero-order valence-electron chi connectivity index (χ0n) is 13.1. The summed E-state index contributed by atoms with van der Waals surface area (Å²) >= 11 is 1.55. The molecule has 7 heteroatoms. The molecule has 2 aromatic rings. The van der Waals surface area contributed by atoms with Gasteiger partial charge in [-0.25, -0.2) is 9.78 Å². The van der Waals surface area contributed by atoms with Gasteiger partial charge in [0.15, 0.2) is 0 Å². The summed E-state index contributed by atoms with van der Waals surface area (Å²) in [4.78, 5) is 33.0. The lowest BCUT2D eigenvalue weighted by Gasteiger charge is -2.19. The van der Waals surface area contributed by atoms with Crippen LogP contribution in [0.2, 0.25) is 0 Å². The summed E-state index contributed by atoms with van der Waals surface area (Å²) in [5.74, 6) is -0.0701. The van der Waals surface area contributed by atoms with E-state index in [9.17, 15) is 9.59 Å². The highest BCUT2D eigenvalue weighted by molar-refractivity contribution is 7.09. The lowest BCUT2D eigenvalue weighted by atomic mass is 10.1. The average Bonchev–Trinajstić information content (AvgIpc) is 3.15. The molecule has 0 spiro atoms. The fourth-order valence-electron chi connectivity index (χ4n) is 2.51. The number of thiazole rings is 1. The lowest BCUT2D eigenvalue weighted by molar-refractivity contribution is 0.0786. The maximum atomic E-state index is 12.6. The smallest absolute Gasteiger partial charge is 0.321 e. The summed E-state index contributed by atoms with van der Waals surface area (Å²) in [6.45, 7) is 3.72. The lowest BCUT2D eigenvalue weighted by Crippen LogP contribution is -2.29. The van der Waals surface area contributed by atoms with Crippen LogP contribution in [0.3, 0.4) is 0 Å². The van der Waals surface area contributed by atoms with Crippen LogP contribution in [0.15, 0.2) is 29.8 Å². The number of hydrogen-bond donors (Lipinski definition) is 1. The van der Waals surface area contributed by atoms with Gasteiger partial charge in [-0.15, -0.1) is 11.3 Å². The van der Waals surface area contributed by atoms with Gasteiger partial charge in [0.1, 0.15) is 0 Å². The second-order valence-electron chi connectivity index (χ2n) is 5.46. The Morgan fingerprint density at radius 1 is 1.48 bits per heavy atom. The maximum absolute atomic E-state index is 12.6. The van der Waals surface area contributed by atoms with Gasteiger partial charge >= 0.3 is 6.03 Å². The fourth-order valence-corrected chi connectivity index (χ4v) is 3.34. The van der Waals surface area contributed by atoms with Crippen molar-refractivity contribution in [1.29, 1.82) is 0 Å². The van der Waals surface area contributed by atoms with Crippen LogP contribution in [0, 0.1) is 6.92 Å². The molecule has 0 bridgehead atoms. The molecule has 1 aromatic carbocycles. The summed E-state index contributed by atoms with van der Waals surface area (Å²) in [6, 6.07) is 7.07. The summed E-state index contributed by atoms with van der Waals surface area (Å²) in [5, 5.41) is 2.76. The van der Waals surface area contributed by atoms with Gasteiger partial charge in [-0.3, -0.25) is 9.69 Å². The number of nitrogens with zero attached hydrogens (tertiary/aromatic N) is 3. The molecular weight excluding hydrogens is 312 g/mol. The van der Waals surface area contributed by atoms with Gasteiger partial charge in [-0.05, 0) is 25.1 Å². The first kappa shape index (κ1) is 15.5. The second kappa shape index (κ2) is 6.37. The Labute approximate surface area is 138 Å². The third-order valence-corrected chi connectivity index (χ3v) is 4.75. The number of aromatic nitrogens is 1. The maximum Gasteiger partial charge on any atom is 0.321 e. The molecule has 1 aromatic heterocycles. The minimum Gasteiger partial charge on any atom is -0.336 e. The van der Waals surface area contributed by atoms with Gasteiger partial charge in [0.05, 0.1) is 17.7 Å². The fraction of sp³-hybridized carbons (Fsp3) is 0.312. The van der Waals surface area contributed by atoms with Crippen molar-refractivity contribution < 1.29 is 9.59 Å². The molecule has 1 saturated heterocycles. The topological polar surface area (TPSA) is 65.5 Å². The van der Waals surface area contributed by atoms with Gasteiger partial charge in [-0.1, -0.05) is 6.07 Å². The van der Waals surface area contributed by atoms with Crippen molar-refractivity contribution in [3.05, 3.63) is 45.9 Å². The average molecular weight is 330 g/mol. The molecule has 2 heterocycles. The van der Waals surface area contributed by atoms with Crippen LogP contribution in [-0.2, 0) is 6.54 Å². The molecule has 0 aliphatic carbocycles. The number of aryl methyl sites for hydroxylation is 1. The largest absolute Gasteiger partial charge is 0.336 e. The third-order valence-electron chi connectivity index (χ3n) is 3.83. The molecule has 1 aliphatic heterocycles. The van der Waals surface area contributed by atoms with E-state index in [1.807, 2.05) is 13.0 Å². The number of benzene rings is 1. The number of urea groups is 1. The van der Waals surface area contributed by atoms with E-state index in [1.165, 1.54) is 0 Å². The zero-order valence-corrected chi connectivity index (χ0v) is 13.9. The monoisotopic (exact) mass is 330 g/mol. The molecule has 3 rings (SSSR count). The summed E-state index contributed by atoms with van der Waals surface area (Å²) < 4.78 is 0. The first-order chi connectivity index (χ1) is 11.1. The molecule has 1 fully saturated rings. The van der Waals surface area contributed by atoms with Crippen LogP contribution >= 0.6 is 11.3 Å². The summed E-state index contributed by atoms with van der Waals surface area (Å²) in [5.41, 5.74) is 4.06. The van der Waals surface area contributed by atoms with E-state index in [0.717, 1.165) is 16.3 Å². The van der Waals surface area contributed by atoms with Crippen LogP contribution in [0.4, 0.5) is 10.5 Å². The van der Waals surface area contributed by atoms with Crippen molar-refractivity contribution in [2.75, 3.05) is 25.0 Å². The number of anilines is 1. The molecule has 1 aliphatic rings. The quantitative estimate of drug-likeness (QED) is 0.935. The minimum absolute atomic E-state index is 0.0701. The Bertz CT molecular complexity index is 743. The first-order valence-electron chi connectivity index (χ1n) is 7.36. The van der Waals surface area contributed by atoms with E-state index >= 15 is 0 Å². The summed E-state index contributed by atoms with van der Waals surface area (Å²) in [7, 11) is 1.77. The molecule has 0 saturated carbocycles. The number of hydrogen-bond acceptors (Lipinski definition) is 4. The second-order valence-corrected chi connectivity index (χ2v) is 6.40. The highest BCUT2D eigenvalue weighted by Crippen LogP contribution is 2.20. The van der Waals surface area contributed by atoms with Crippen molar-refractivity contribution in [3.8, 4) is 0 Å². The van der Waals surface area contributed by atoms with Crippen LogP contribution in [0.5, 0.6) is 0 Å². The first-order valence-corrected chi connectivity index (χ1v) is 8.24. The van der Waals surface area contributed by atoms with E-state index in [0.29, 0.717) is 25.2 Å². The Morgan fingerprint density at radius 3 is 2.96 bits per heavy atom. The van der Waals surface area contributed by atoms with Gasteiger partial charge in [0.2, 0.25) is 0 Å². The highest BCUT2D eigenvalue weighted by Gasteiger charge is 2.22. The van der Waals surface area contributed by atoms with Crippen LogP contribution in [0.25, 0.3) is 0 Å². The molecule has 0 unspecified atom stereocenters. The van der Waals surface area contributed by atoms with Crippen LogP contribution in [0.1, 0.15) is 20.9 Å². The van der Waals surface area contributed by atoms with Crippen LogP contribution < -0.4 is 10.2 Å². The number of rotatable bonds is 4. The van der Waals surface area contributed by atoms with E-state index in [1.54, 1.807) is 51.9 Å². The third kappa shape index (κ3) is 3.19. The van der Waals surface area contributed by atoms with Gasteiger partial charge in [-0.2, -0.15) is 0 Å². The van der Waals surface area contributed by atoms with E-state index in [2.05, 4.69) is 10.3 Å². The Kier molecular flexibility index (Phi) is 4.29. The predicted molar refractivity (Wildman–Crippen MR) is 89.8 cm³/mol. The molecule has 23 heavy (non-hydrogen) atoms. The van der Waals surface area contributed by atoms with Crippen LogP contribution in [-0.4, -0.2) is 42.0 Å². The molecule has 1 N–H and O–H groups in total. The van der Waals surface area contributed by atoms with Gasteiger partial charge in [0.25, 0.3) is 5.91 Å². The van der Waals surface area contributed by atoms with E-state index in [4.69, 9.17) is 0 Å². The standard InChI is InChI=1S/C16H18N4O2S/c1-11-14(23-10-18-11)9-19(2)15(21)12-4-3-5-13(8-12)20-7-6-17-16(20)22/h3-5,8,10H,6-7,9H2,1-2H3,(H,17,22). The molecule has 3 amide bonds. The van der Waals surface area contributed by atoms with Crippen molar-refractivity contribution in [2.24, 2.45) is 0 Å². The number of nitrogens with one attached hydrogen (secondary N) is 1. The number of carbonyl (C=O) groups excluding carboxylic acids is 2. The molecule has 120 valence electrons. The Morgan fingerprint density at radius 2 is 2.30 bits per heavy atom. The van der Waals surface area contributed by atoms with Gasteiger partial charge in [0, 0.05) is 36.3 Å². The zero-order chi connectivity index (χ0) is 16.4. The Balaban J connectivity index is 1.77. The number of carbonyl (C=O) groups is 2. The predicted octanol–water partition coefficient (Wildman–Crippen LogP) is 2.25. The van der Waals surface area contributed by atoms with Crippen molar-refractivity contribution in [2.45, 2.75) is 13.5 Å². The van der Waals surface area contributed by atoms with Gasteiger partial charge < -0.3 is 10.2 Å². The SMILES string of the molecule is Cc1ncsc1CN(C)C(=O)c1cccc(N2CCNC2=O)c1. The van der Waals surface area contributed by atoms with Crippen molar-refractivity contribution in [3.63, 3.8) is 0 Å². The van der Waals surface area contributed by atoms with Crippen molar-refractivity contribution in [1.82, 2.24) is 15.2 Å². The summed E-state index contributed by atoms with van der Waals surface area (Å²) in [6.07, 6.45) is 0. The van der Waals surface area contributed by atoms with E-state index in [-0.39, 0.29) is 11.9 Å². The molecular formula is C16H18N4O2S. The molecule has 0 radical (unpaired) electrons.